The van der Waals surface area contributed by atoms with E-state index in [1.807, 2.05) is 6.92 Å². The number of nitrogens with one attached hydrogen (secondary N) is 1. The van der Waals surface area contributed by atoms with E-state index in [0.29, 0.717) is 6.61 Å². The van der Waals surface area contributed by atoms with Gasteiger partial charge in [-0.1, -0.05) is 12.1 Å². The maximum Gasteiger partial charge on any atom is 0.123 e. The summed E-state index contributed by atoms with van der Waals surface area (Å²) in [5.74, 6) is -0.196. The van der Waals surface area contributed by atoms with Gasteiger partial charge in [0.25, 0.3) is 0 Å². The molecule has 2 rings (SSSR count). The molecule has 1 aliphatic heterocycles. The van der Waals surface area contributed by atoms with Crippen LogP contribution in [0.4, 0.5) is 4.39 Å². The van der Waals surface area contributed by atoms with Crippen LogP contribution in [0.2, 0.25) is 0 Å². The average Bonchev–Trinajstić information content (AvgIpc) is 2.21. The summed E-state index contributed by atoms with van der Waals surface area (Å²) < 4.78 is 18.2. The molecule has 0 radical (unpaired) electrons. The van der Waals surface area contributed by atoms with Gasteiger partial charge in [0.2, 0.25) is 0 Å². The van der Waals surface area contributed by atoms with Crippen LogP contribution in [0.3, 0.4) is 0 Å². The fourth-order valence-corrected chi connectivity index (χ4v) is 1.60. The van der Waals surface area contributed by atoms with Crippen LogP contribution in [0.25, 0.3) is 0 Å². The van der Waals surface area contributed by atoms with Gasteiger partial charge in [-0.15, -0.1) is 0 Å². The molecule has 1 heterocycles. The Morgan fingerprint density at radius 2 is 2.07 bits per heavy atom. The van der Waals surface area contributed by atoms with E-state index in [2.05, 4.69) is 5.32 Å². The Labute approximate surface area is 83.1 Å². The Kier molecular flexibility index (Phi) is 2.79. The summed E-state index contributed by atoms with van der Waals surface area (Å²) in [6.07, 6.45) is 0.270. The van der Waals surface area contributed by atoms with Crippen LogP contribution in [-0.4, -0.2) is 19.3 Å². The first kappa shape index (κ1) is 9.62. The zero-order valence-corrected chi connectivity index (χ0v) is 8.16. The van der Waals surface area contributed by atoms with Crippen LogP contribution in [0.1, 0.15) is 18.5 Å². The quantitative estimate of drug-likeness (QED) is 0.738. The topological polar surface area (TPSA) is 21.3 Å². The number of rotatable bonds is 1. The van der Waals surface area contributed by atoms with Crippen molar-refractivity contribution in [1.29, 1.82) is 0 Å². The maximum absolute atomic E-state index is 12.7. The molecule has 0 amide bonds. The summed E-state index contributed by atoms with van der Waals surface area (Å²) in [5, 5.41) is 3.36. The largest absolute Gasteiger partial charge is 0.375 e. The molecule has 3 heteroatoms. The van der Waals surface area contributed by atoms with E-state index in [0.717, 1.165) is 12.1 Å². The highest BCUT2D eigenvalue weighted by Crippen LogP contribution is 2.17. The highest BCUT2D eigenvalue weighted by Gasteiger charge is 2.18. The number of halogens is 1. The van der Waals surface area contributed by atoms with Crippen molar-refractivity contribution in [2.24, 2.45) is 0 Å². The smallest absolute Gasteiger partial charge is 0.123 e. The van der Waals surface area contributed by atoms with E-state index in [1.165, 1.54) is 12.1 Å². The molecule has 1 saturated heterocycles. The molecule has 2 atom stereocenters. The van der Waals surface area contributed by atoms with E-state index < -0.39 is 0 Å². The number of morpholine rings is 1. The van der Waals surface area contributed by atoms with Gasteiger partial charge < -0.3 is 10.1 Å². The molecule has 1 aliphatic rings. The lowest BCUT2D eigenvalue weighted by Gasteiger charge is -2.28. The van der Waals surface area contributed by atoms with Gasteiger partial charge in [-0.3, -0.25) is 0 Å². The van der Waals surface area contributed by atoms with Crippen molar-refractivity contribution in [1.82, 2.24) is 5.32 Å². The lowest BCUT2D eigenvalue weighted by atomic mass is 10.1. The molecule has 0 bridgehead atoms. The fraction of sp³-hybridized carbons (Fsp3) is 0.455. The number of ether oxygens (including phenoxy) is 1. The maximum atomic E-state index is 12.7. The third-order valence-electron chi connectivity index (χ3n) is 2.47. The van der Waals surface area contributed by atoms with Crippen molar-refractivity contribution in [2.75, 3.05) is 13.2 Å². The minimum Gasteiger partial charge on any atom is -0.375 e. The Hall–Kier alpha value is -0.930. The molecule has 1 aromatic carbocycles. The van der Waals surface area contributed by atoms with Gasteiger partial charge in [0.1, 0.15) is 5.82 Å². The van der Waals surface area contributed by atoms with Crippen molar-refractivity contribution in [3.63, 3.8) is 0 Å². The second-order valence-electron chi connectivity index (χ2n) is 3.66. The van der Waals surface area contributed by atoms with Crippen molar-refractivity contribution < 1.29 is 9.13 Å². The molecular formula is C11H14FNO. The number of hydrogen-bond donors (Lipinski definition) is 1. The summed E-state index contributed by atoms with van der Waals surface area (Å²) in [7, 11) is 0. The van der Waals surface area contributed by atoms with Crippen LogP contribution in [0.5, 0.6) is 0 Å². The van der Waals surface area contributed by atoms with Crippen molar-refractivity contribution in [2.45, 2.75) is 19.1 Å². The predicted octanol–water partition coefficient (Wildman–Crippen LogP) is 1.88. The summed E-state index contributed by atoms with van der Waals surface area (Å²) in [6.45, 7) is 3.54. The fourth-order valence-electron chi connectivity index (χ4n) is 1.60. The standard InChI is InChI=1S/C11H14FNO/c1-8-6-13-11(7-14-8)9-2-4-10(12)5-3-9/h2-5,8,11,13H,6-7H2,1H3/t8-,11-/m1/s1. The summed E-state index contributed by atoms with van der Waals surface area (Å²) >= 11 is 0. The van der Waals surface area contributed by atoms with Gasteiger partial charge in [-0.25, -0.2) is 4.39 Å². The SMILES string of the molecule is C[C@@H]1CN[C@@H](c2ccc(F)cc2)CO1. The molecule has 76 valence electrons. The molecule has 0 unspecified atom stereocenters. The van der Waals surface area contributed by atoms with Gasteiger partial charge in [-0.2, -0.15) is 0 Å². The normalized spacial score (nSPS) is 27.6. The molecule has 1 N–H and O–H groups in total. The molecule has 0 aliphatic carbocycles. The second-order valence-corrected chi connectivity index (χ2v) is 3.66. The highest BCUT2D eigenvalue weighted by atomic mass is 19.1. The second kappa shape index (κ2) is 4.07. The summed E-state index contributed by atoms with van der Waals surface area (Å²) in [4.78, 5) is 0. The molecular weight excluding hydrogens is 181 g/mol. The first-order valence-electron chi connectivity index (χ1n) is 4.86. The molecule has 14 heavy (non-hydrogen) atoms. The van der Waals surface area contributed by atoms with Gasteiger partial charge in [0.05, 0.1) is 18.8 Å². The van der Waals surface area contributed by atoms with Gasteiger partial charge in [-0.05, 0) is 24.6 Å². The zero-order valence-electron chi connectivity index (χ0n) is 8.16. The van der Waals surface area contributed by atoms with E-state index in [-0.39, 0.29) is 18.0 Å². The van der Waals surface area contributed by atoms with Crippen LogP contribution >= 0.6 is 0 Å². The van der Waals surface area contributed by atoms with E-state index in [9.17, 15) is 4.39 Å². The van der Waals surface area contributed by atoms with E-state index in [4.69, 9.17) is 4.74 Å². The lowest BCUT2D eigenvalue weighted by molar-refractivity contribution is 0.0149. The number of hydrogen-bond acceptors (Lipinski definition) is 2. The Balaban J connectivity index is 2.05. The first-order valence-corrected chi connectivity index (χ1v) is 4.86. The van der Waals surface area contributed by atoms with Crippen molar-refractivity contribution in [3.05, 3.63) is 35.6 Å². The monoisotopic (exact) mass is 195 g/mol. The first-order chi connectivity index (χ1) is 6.75. The minimum absolute atomic E-state index is 0.196. The number of benzene rings is 1. The van der Waals surface area contributed by atoms with E-state index in [1.54, 1.807) is 12.1 Å². The Morgan fingerprint density at radius 1 is 1.36 bits per heavy atom. The van der Waals surface area contributed by atoms with Crippen LogP contribution < -0.4 is 5.32 Å². The van der Waals surface area contributed by atoms with Crippen molar-refractivity contribution >= 4 is 0 Å². The zero-order chi connectivity index (χ0) is 9.97. The average molecular weight is 195 g/mol. The van der Waals surface area contributed by atoms with Crippen molar-refractivity contribution in [3.8, 4) is 0 Å². The molecule has 0 aromatic heterocycles. The predicted molar refractivity (Wildman–Crippen MR) is 52.6 cm³/mol. The van der Waals surface area contributed by atoms with E-state index >= 15 is 0 Å². The lowest BCUT2D eigenvalue weighted by Crippen LogP contribution is -2.39. The third-order valence-corrected chi connectivity index (χ3v) is 2.47. The van der Waals surface area contributed by atoms with Crippen LogP contribution in [0.15, 0.2) is 24.3 Å². The minimum atomic E-state index is -0.196. The molecule has 1 aromatic rings. The molecule has 2 nitrogen and oxygen atoms in total. The van der Waals surface area contributed by atoms with Gasteiger partial charge in [0, 0.05) is 6.54 Å². The Morgan fingerprint density at radius 3 is 2.64 bits per heavy atom. The third kappa shape index (κ3) is 2.11. The van der Waals surface area contributed by atoms with Crippen LogP contribution in [-0.2, 0) is 4.74 Å². The molecule has 0 spiro atoms. The summed E-state index contributed by atoms with van der Waals surface area (Å²) in [6, 6.07) is 6.76. The van der Waals surface area contributed by atoms with Gasteiger partial charge in [0.15, 0.2) is 0 Å². The highest BCUT2D eigenvalue weighted by molar-refractivity contribution is 5.20. The molecule has 1 fully saturated rings. The Bertz CT molecular complexity index is 291. The molecule has 0 saturated carbocycles. The summed E-state index contributed by atoms with van der Waals surface area (Å²) in [5.41, 5.74) is 1.08. The van der Waals surface area contributed by atoms with Crippen LogP contribution in [0, 0.1) is 5.82 Å². The van der Waals surface area contributed by atoms with Gasteiger partial charge >= 0.3 is 0 Å².